The number of hydrogen-bond donors (Lipinski definition) is 2. The third kappa shape index (κ3) is 4.03. The Balaban J connectivity index is 1.71. The highest BCUT2D eigenvalue weighted by Crippen LogP contribution is 2.10. The number of aryl methyl sites for hydroxylation is 1. The van der Waals surface area contributed by atoms with E-state index in [9.17, 15) is 4.79 Å². The van der Waals surface area contributed by atoms with Crippen LogP contribution in [-0.4, -0.2) is 29.6 Å². The largest absolute Gasteiger partial charge is 0.352 e. The second-order valence-corrected chi connectivity index (χ2v) is 5.74. The smallest absolute Gasteiger partial charge is 0.238 e. The minimum absolute atomic E-state index is 0.00539. The average Bonchev–Trinajstić information content (AvgIpc) is 2.91. The van der Waals surface area contributed by atoms with Crippen molar-refractivity contribution in [2.24, 2.45) is 0 Å². The number of carbonyl (C=O) groups excluding carboxylic acids is 1. The van der Waals surface area contributed by atoms with E-state index >= 15 is 0 Å². The summed E-state index contributed by atoms with van der Waals surface area (Å²) in [6, 6.07) is 10.6. The van der Waals surface area contributed by atoms with E-state index in [1.165, 1.54) is 5.56 Å². The number of thioether (sulfide) groups is 1. The van der Waals surface area contributed by atoms with Crippen LogP contribution in [-0.2, 0) is 11.2 Å². The van der Waals surface area contributed by atoms with Crippen LogP contribution in [0.2, 0.25) is 0 Å². The maximum atomic E-state index is 11.9. The molecule has 1 amide bonds. The van der Waals surface area contributed by atoms with E-state index in [1.54, 1.807) is 11.8 Å². The van der Waals surface area contributed by atoms with Gasteiger partial charge in [0.15, 0.2) is 0 Å². The maximum Gasteiger partial charge on any atom is 0.238 e. The SMILES string of the molecule is CC(CCc1ccccc1)NC(=O)C1CSCN1. The highest BCUT2D eigenvalue weighted by atomic mass is 32.2. The van der Waals surface area contributed by atoms with Gasteiger partial charge in [-0.1, -0.05) is 30.3 Å². The first-order chi connectivity index (χ1) is 8.75. The molecule has 2 unspecified atom stereocenters. The zero-order valence-electron chi connectivity index (χ0n) is 10.7. The van der Waals surface area contributed by atoms with Crippen molar-refractivity contribution in [3.8, 4) is 0 Å². The Morgan fingerprint density at radius 3 is 2.94 bits per heavy atom. The van der Waals surface area contributed by atoms with Crippen molar-refractivity contribution in [3.05, 3.63) is 35.9 Å². The summed E-state index contributed by atoms with van der Waals surface area (Å²) in [5.41, 5.74) is 1.33. The number of amides is 1. The molecule has 4 heteroatoms. The van der Waals surface area contributed by atoms with Crippen LogP contribution < -0.4 is 10.6 Å². The van der Waals surface area contributed by atoms with E-state index in [0.29, 0.717) is 0 Å². The van der Waals surface area contributed by atoms with Gasteiger partial charge in [-0.3, -0.25) is 10.1 Å². The van der Waals surface area contributed by atoms with Gasteiger partial charge < -0.3 is 5.32 Å². The summed E-state index contributed by atoms with van der Waals surface area (Å²) in [5.74, 6) is 1.91. The molecule has 0 radical (unpaired) electrons. The number of nitrogens with one attached hydrogen (secondary N) is 2. The first-order valence-electron chi connectivity index (χ1n) is 6.41. The van der Waals surface area contributed by atoms with Crippen molar-refractivity contribution >= 4 is 17.7 Å². The van der Waals surface area contributed by atoms with Crippen molar-refractivity contribution < 1.29 is 4.79 Å². The fourth-order valence-electron chi connectivity index (χ4n) is 2.01. The van der Waals surface area contributed by atoms with E-state index in [0.717, 1.165) is 24.5 Å². The summed E-state index contributed by atoms with van der Waals surface area (Å²) in [6.07, 6.45) is 1.99. The van der Waals surface area contributed by atoms with Crippen molar-refractivity contribution in [3.63, 3.8) is 0 Å². The highest BCUT2D eigenvalue weighted by molar-refractivity contribution is 7.99. The van der Waals surface area contributed by atoms with Crippen LogP contribution in [0.3, 0.4) is 0 Å². The summed E-state index contributed by atoms with van der Waals surface area (Å²) in [7, 11) is 0. The molecule has 0 aromatic heterocycles. The summed E-state index contributed by atoms with van der Waals surface area (Å²) < 4.78 is 0. The molecule has 2 atom stereocenters. The van der Waals surface area contributed by atoms with Gasteiger partial charge >= 0.3 is 0 Å². The quantitative estimate of drug-likeness (QED) is 0.852. The Morgan fingerprint density at radius 1 is 1.50 bits per heavy atom. The van der Waals surface area contributed by atoms with Gasteiger partial charge in [0.1, 0.15) is 0 Å². The molecule has 0 aliphatic carbocycles. The van der Waals surface area contributed by atoms with Gasteiger partial charge in [0.25, 0.3) is 0 Å². The molecular formula is C14H20N2OS. The third-order valence-corrected chi connectivity index (χ3v) is 4.07. The Kier molecular flexibility index (Phi) is 5.08. The molecule has 1 aromatic carbocycles. The van der Waals surface area contributed by atoms with Crippen molar-refractivity contribution in [1.29, 1.82) is 0 Å². The Bertz CT molecular complexity index is 377. The molecule has 1 saturated heterocycles. The lowest BCUT2D eigenvalue weighted by Crippen LogP contribution is -2.45. The molecule has 18 heavy (non-hydrogen) atoms. The molecule has 1 aromatic rings. The van der Waals surface area contributed by atoms with E-state index in [-0.39, 0.29) is 18.0 Å². The van der Waals surface area contributed by atoms with Gasteiger partial charge in [-0.25, -0.2) is 0 Å². The number of hydrogen-bond acceptors (Lipinski definition) is 3. The van der Waals surface area contributed by atoms with Gasteiger partial charge in [0, 0.05) is 17.7 Å². The first kappa shape index (κ1) is 13.4. The molecule has 1 aliphatic heterocycles. The fourth-order valence-corrected chi connectivity index (χ4v) is 2.95. The topological polar surface area (TPSA) is 41.1 Å². The molecule has 3 nitrogen and oxygen atoms in total. The highest BCUT2D eigenvalue weighted by Gasteiger charge is 2.23. The summed E-state index contributed by atoms with van der Waals surface area (Å²) >= 11 is 1.78. The van der Waals surface area contributed by atoms with E-state index < -0.39 is 0 Å². The number of rotatable bonds is 5. The van der Waals surface area contributed by atoms with Crippen LogP contribution in [0.25, 0.3) is 0 Å². The monoisotopic (exact) mass is 264 g/mol. The van der Waals surface area contributed by atoms with Gasteiger partial charge in [-0.05, 0) is 25.3 Å². The van der Waals surface area contributed by atoms with Gasteiger partial charge in [0.05, 0.1) is 6.04 Å². The van der Waals surface area contributed by atoms with Crippen LogP contribution in [0.5, 0.6) is 0 Å². The van der Waals surface area contributed by atoms with E-state index in [1.807, 2.05) is 6.07 Å². The molecule has 98 valence electrons. The van der Waals surface area contributed by atoms with Gasteiger partial charge in [0.2, 0.25) is 5.91 Å². The summed E-state index contributed by atoms with van der Waals surface area (Å²) in [5, 5.41) is 6.26. The lowest BCUT2D eigenvalue weighted by atomic mass is 10.1. The average molecular weight is 264 g/mol. The van der Waals surface area contributed by atoms with Crippen molar-refractivity contribution in [1.82, 2.24) is 10.6 Å². The molecule has 2 rings (SSSR count). The Labute approximate surface area is 113 Å². The first-order valence-corrected chi connectivity index (χ1v) is 7.56. The molecular weight excluding hydrogens is 244 g/mol. The van der Waals surface area contributed by atoms with Crippen LogP contribution in [0.4, 0.5) is 0 Å². The summed E-state index contributed by atoms with van der Waals surface area (Å²) in [6.45, 7) is 2.07. The van der Waals surface area contributed by atoms with Gasteiger partial charge in [-0.2, -0.15) is 0 Å². The van der Waals surface area contributed by atoms with Gasteiger partial charge in [-0.15, -0.1) is 11.8 Å². The molecule has 0 spiro atoms. The lowest BCUT2D eigenvalue weighted by Gasteiger charge is -2.16. The zero-order valence-corrected chi connectivity index (χ0v) is 11.5. The predicted molar refractivity (Wildman–Crippen MR) is 76.6 cm³/mol. The third-order valence-electron chi connectivity index (χ3n) is 3.13. The second-order valence-electron chi connectivity index (χ2n) is 4.71. The molecule has 1 fully saturated rings. The molecule has 2 N–H and O–H groups in total. The molecule has 1 heterocycles. The van der Waals surface area contributed by atoms with Crippen molar-refractivity contribution in [2.45, 2.75) is 31.8 Å². The van der Waals surface area contributed by atoms with Crippen LogP contribution >= 0.6 is 11.8 Å². The predicted octanol–water partition coefficient (Wildman–Crippen LogP) is 1.79. The lowest BCUT2D eigenvalue weighted by molar-refractivity contribution is -0.123. The number of carbonyl (C=O) groups is 1. The van der Waals surface area contributed by atoms with Crippen LogP contribution in [0.1, 0.15) is 18.9 Å². The van der Waals surface area contributed by atoms with E-state index in [4.69, 9.17) is 0 Å². The summed E-state index contributed by atoms with van der Waals surface area (Å²) in [4.78, 5) is 11.9. The minimum atomic E-state index is -0.00539. The van der Waals surface area contributed by atoms with E-state index in [2.05, 4.69) is 41.8 Å². The Morgan fingerprint density at radius 2 is 2.28 bits per heavy atom. The maximum absolute atomic E-state index is 11.9. The van der Waals surface area contributed by atoms with Crippen molar-refractivity contribution in [2.75, 3.05) is 11.6 Å². The van der Waals surface area contributed by atoms with Crippen LogP contribution in [0, 0.1) is 0 Å². The number of benzene rings is 1. The normalized spacial score (nSPS) is 20.6. The molecule has 0 bridgehead atoms. The fraction of sp³-hybridized carbons (Fsp3) is 0.500. The van der Waals surface area contributed by atoms with Crippen LogP contribution in [0.15, 0.2) is 30.3 Å². The second kappa shape index (κ2) is 6.81. The minimum Gasteiger partial charge on any atom is -0.352 e. The molecule has 1 aliphatic rings. The standard InChI is InChI=1S/C14H20N2OS/c1-11(7-8-12-5-3-2-4-6-12)16-14(17)13-9-18-10-15-13/h2-6,11,13,15H,7-10H2,1H3,(H,16,17). The Hall–Kier alpha value is -1.000. The molecule has 0 saturated carbocycles. The zero-order chi connectivity index (χ0) is 12.8.